The predicted octanol–water partition coefficient (Wildman–Crippen LogP) is 4.14. The molecule has 0 fully saturated rings. The van der Waals surface area contributed by atoms with E-state index in [0.717, 1.165) is 21.8 Å². The summed E-state index contributed by atoms with van der Waals surface area (Å²) in [5, 5.41) is 11.7. The van der Waals surface area contributed by atoms with Gasteiger partial charge in [0, 0.05) is 16.8 Å². The van der Waals surface area contributed by atoms with Gasteiger partial charge in [-0.05, 0) is 24.3 Å². The first kappa shape index (κ1) is 13.6. The zero-order valence-corrected chi connectivity index (χ0v) is 12.1. The summed E-state index contributed by atoms with van der Waals surface area (Å²) in [7, 11) is 0. The molecule has 5 heteroatoms. The van der Waals surface area contributed by atoms with Crippen molar-refractivity contribution in [1.82, 2.24) is 9.97 Å². The first-order valence-corrected chi connectivity index (χ1v) is 7.18. The van der Waals surface area contributed by atoms with E-state index in [9.17, 15) is 9.50 Å². The third-order valence-electron chi connectivity index (χ3n) is 3.71. The number of nitrogens with zero attached hydrogens (tertiary/aromatic N) is 1. The third kappa shape index (κ3) is 2.46. The molecule has 0 bridgehead atoms. The zero-order valence-electron chi connectivity index (χ0n) is 12.1. The van der Waals surface area contributed by atoms with Gasteiger partial charge in [-0.3, -0.25) is 0 Å². The Kier molecular flexibility index (Phi) is 3.12. The summed E-state index contributed by atoms with van der Waals surface area (Å²) >= 11 is 0. The first-order valence-electron chi connectivity index (χ1n) is 7.18. The Labute approximate surface area is 131 Å². The number of ether oxygens (including phenoxy) is 1. The number of phenolic OH excluding ortho intramolecular Hbond substituents is 1. The van der Waals surface area contributed by atoms with Crippen molar-refractivity contribution in [3.05, 3.63) is 66.2 Å². The molecule has 0 aliphatic heterocycles. The highest BCUT2D eigenvalue weighted by Gasteiger charge is 2.10. The largest absolute Gasteiger partial charge is 0.507 e. The zero-order chi connectivity index (χ0) is 15.8. The summed E-state index contributed by atoms with van der Waals surface area (Å²) in [5.41, 5.74) is 1.54. The van der Waals surface area contributed by atoms with Crippen LogP contribution in [0.2, 0.25) is 0 Å². The molecule has 0 atom stereocenters. The molecule has 3 aromatic carbocycles. The highest BCUT2D eigenvalue weighted by Crippen LogP contribution is 2.31. The number of rotatable bonds is 3. The van der Waals surface area contributed by atoms with Crippen LogP contribution in [0, 0.1) is 5.82 Å². The second kappa shape index (κ2) is 5.28. The summed E-state index contributed by atoms with van der Waals surface area (Å²) in [4.78, 5) is 7.69. The Morgan fingerprint density at radius 2 is 1.78 bits per heavy atom. The van der Waals surface area contributed by atoms with Gasteiger partial charge in [0.15, 0.2) is 0 Å². The molecule has 23 heavy (non-hydrogen) atoms. The third-order valence-corrected chi connectivity index (χ3v) is 3.71. The maximum Gasteiger partial charge on any atom is 0.146 e. The lowest BCUT2D eigenvalue weighted by Crippen LogP contribution is -1.97. The van der Waals surface area contributed by atoms with Gasteiger partial charge in [-0.15, -0.1) is 0 Å². The molecule has 1 aromatic heterocycles. The van der Waals surface area contributed by atoms with Crippen LogP contribution in [0.3, 0.4) is 0 Å². The van der Waals surface area contributed by atoms with Crippen molar-refractivity contribution < 1.29 is 14.2 Å². The molecule has 0 saturated carbocycles. The molecule has 0 saturated heterocycles. The van der Waals surface area contributed by atoms with E-state index in [0.29, 0.717) is 11.6 Å². The van der Waals surface area contributed by atoms with Gasteiger partial charge in [0.2, 0.25) is 0 Å². The van der Waals surface area contributed by atoms with E-state index in [1.807, 2.05) is 24.3 Å². The Morgan fingerprint density at radius 1 is 1.04 bits per heavy atom. The van der Waals surface area contributed by atoms with Gasteiger partial charge in [-0.25, -0.2) is 9.37 Å². The summed E-state index contributed by atoms with van der Waals surface area (Å²) in [5.74, 6) is 1.12. The normalized spacial score (nSPS) is 11.2. The molecule has 2 N–H and O–H groups in total. The molecule has 4 aromatic rings. The highest BCUT2D eigenvalue weighted by atomic mass is 19.1. The summed E-state index contributed by atoms with van der Waals surface area (Å²) in [6, 6.07) is 15.0. The smallest absolute Gasteiger partial charge is 0.146 e. The fraction of sp³-hybridized carbons (Fsp3) is 0.0556. The molecule has 0 unspecified atom stereocenters. The molecular formula is C18H13FN2O2. The van der Waals surface area contributed by atoms with E-state index in [-0.39, 0.29) is 18.2 Å². The second-order valence-corrected chi connectivity index (χ2v) is 5.26. The number of fused-ring (bicyclic) bond motifs is 3. The van der Waals surface area contributed by atoms with Gasteiger partial charge in [-0.1, -0.05) is 24.3 Å². The topological polar surface area (TPSA) is 58.1 Å². The van der Waals surface area contributed by atoms with Crippen LogP contribution in [0.15, 0.2) is 54.6 Å². The summed E-state index contributed by atoms with van der Waals surface area (Å²) in [6.07, 6.45) is 0. The number of nitrogens with one attached hydrogen (secondary N) is 1. The van der Waals surface area contributed by atoms with Crippen LogP contribution < -0.4 is 4.74 Å². The Morgan fingerprint density at radius 3 is 2.57 bits per heavy atom. The van der Waals surface area contributed by atoms with Gasteiger partial charge >= 0.3 is 0 Å². The van der Waals surface area contributed by atoms with E-state index < -0.39 is 0 Å². The van der Waals surface area contributed by atoms with Crippen molar-refractivity contribution in [2.24, 2.45) is 0 Å². The maximum atomic E-state index is 12.9. The molecule has 0 radical (unpaired) electrons. The van der Waals surface area contributed by atoms with Gasteiger partial charge in [-0.2, -0.15) is 0 Å². The van der Waals surface area contributed by atoms with E-state index >= 15 is 0 Å². The number of hydrogen-bond donors (Lipinski definition) is 2. The monoisotopic (exact) mass is 308 g/mol. The lowest BCUT2D eigenvalue weighted by Gasteiger charge is -2.03. The summed E-state index contributed by atoms with van der Waals surface area (Å²) in [6.45, 7) is 0.232. The standard InChI is InChI=1S/C18H13FN2O2/c19-11-5-7-12(8-6-11)23-10-17-20-15-9-16(22)13-3-1-2-4-14(13)18(15)21-17/h1-9,22H,10H2,(H,20,21). The quantitative estimate of drug-likeness (QED) is 0.598. The average molecular weight is 308 g/mol. The van der Waals surface area contributed by atoms with Crippen molar-refractivity contribution in [3.63, 3.8) is 0 Å². The van der Waals surface area contributed by atoms with Crippen molar-refractivity contribution in [1.29, 1.82) is 0 Å². The number of aromatic hydroxyl groups is 1. The van der Waals surface area contributed by atoms with Gasteiger partial charge < -0.3 is 14.8 Å². The Bertz CT molecular complexity index is 993. The van der Waals surface area contributed by atoms with Crippen molar-refractivity contribution in [3.8, 4) is 11.5 Å². The van der Waals surface area contributed by atoms with E-state index in [4.69, 9.17) is 4.74 Å². The van der Waals surface area contributed by atoms with Gasteiger partial charge in [0.1, 0.15) is 29.7 Å². The van der Waals surface area contributed by atoms with E-state index in [1.54, 1.807) is 18.2 Å². The Balaban J connectivity index is 1.68. The Hall–Kier alpha value is -3.08. The molecule has 114 valence electrons. The lowest BCUT2D eigenvalue weighted by molar-refractivity contribution is 0.297. The van der Waals surface area contributed by atoms with Gasteiger partial charge in [0.05, 0.1) is 11.0 Å². The van der Waals surface area contributed by atoms with Crippen LogP contribution in [0.5, 0.6) is 11.5 Å². The minimum atomic E-state index is -0.303. The second-order valence-electron chi connectivity index (χ2n) is 5.26. The van der Waals surface area contributed by atoms with E-state index in [2.05, 4.69) is 9.97 Å². The average Bonchev–Trinajstić information content (AvgIpc) is 2.98. The van der Waals surface area contributed by atoms with E-state index in [1.165, 1.54) is 12.1 Å². The molecule has 0 amide bonds. The van der Waals surface area contributed by atoms with Gasteiger partial charge in [0.25, 0.3) is 0 Å². The van der Waals surface area contributed by atoms with Crippen LogP contribution in [-0.4, -0.2) is 15.1 Å². The number of H-pyrrole nitrogens is 1. The SMILES string of the molecule is Oc1cc2[nH]c(COc3ccc(F)cc3)nc2c2ccccc12. The van der Waals surface area contributed by atoms with Crippen molar-refractivity contribution in [2.45, 2.75) is 6.61 Å². The highest BCUT2D eigenvalue weighted by molar-refractivity contribution is 6.07. The van der Waals surface area contributed by atoms with Crippen molar-refractivity contribution in [2.75, 3.05) is 0 Å². The number of hydrogen-bond acceptors (Lipinski definition) is 3. The number of halogens is 1. The number of aromatic nitrogens is 2. The van der Waals surface area contributed by atoms with Crippen LogP contribution in [-0.2, 0) is 6.61 Å². The molecule has 0 aliphatic rings. The molecule has 4 nitrogen and oxygen atoms in total. The van der Waals surface area contributed by atoms with Crippen LogP contribution in [0.4, 0.5) is 4.39 Å². The predicted molar refractivity (Wildman–Crippen MR) is 86.0 cm³/mol. The minimum absolute atomic E-state index is 0.211. The fourth-order valence-electron chi connectivity index (χ4n) is 2.63. The molecular weight excluding hydrogens is 295 g/mol. The molecule has 1 heterocycles. The minimum Gasteiger partial charge on any atom is -0.507 e. The van der Waals surface area contributed by atoms with Crippen LogP contribution >= 0.6 is 0 Å². The number of benzene rings is 3. The first-order chi connectivity index (χ1) is 11.2. The van der Waals surface area contributed by atoms with Crippen molar-refractivity contribution >= 4 is 21.8 Å². The maximum absolute atomic E-state index is 12.9. The number of aromatic amines is 1. The number of imidazole rings is 1. The molecule has 4 rings (SSSR count). The van der Waals surface area contributed by atoms with Crippen LogP contribution in [0.1, 0.15) is 5.82 Å². The lowest BCUT2D eigenvalue weighted by atomic mass is 10.1. The summed E-state index contributed by atoms with van der Waals surface area (Å²) < 4.78 is 18.5. The van der Waals surface area contributed by atoms with Crippen LogP contribution in [0.25, 0.3) is 21.8 Å². The molecule has 0 aliphatic carbocycles. The number of phenols is 1. The fourth-order valence-corrected chi connectivity index (χ4v) is 2.63. The molecule has 0 spiro atoms.